The second-order valence-corrected chi connectivity index (χ2v) is 4.91. The molecular formula is C14H17N5O. The van der Waals surface area contributed by atoms with Crippen LogP contribution in [-0.2, 0) is 4.79 Å². The first-order chi connectivity index (χ1) is 9.83. The van der Waals surface area contributed by atoms with Crippen molar-refractivity contribution in [2.75, 3.05) is 11.9 Å². The standard InChI is InChI=1S/C14H17N5O/c20-14(13-6-1-2-7-15-13)18-11-4-3-5-12(8-11)19-9-16-17-10-19/h3-5,8-10,13,15H,1-2,6-7H2,(H,18,20)/t13-/m1/s1. The van der Waals surface area contributed by atoms with E-state index in [1.807, 2.05) is 24.3 Å². The van der Waals surface area contributed by atoms with Gasteiger partial charge in [-0.15, -0.1) is 10.2 Å². The highest BCUT2D eigenvalue weighted by Crippen LogP contribution is 2.15. The van der Waals surface area contributed by atoms with E-state index in [0.717, 1.165) is 37.2 Å². The summed E-state index contributed by atoms with van der Waals surface area (Å²) in [6.45, 7) is 0.916. The van der Waals surface area contributed by atoms with Crippen molar-refractivity contribution < 1.29 is 4.79 Å². The minimum absolute atomic E-state index is 0.0330. The van der Waals surface area contributed by atoms with Gasteiger partial charge in [-0.3, -0.25) is 9.36 Å². The molecule has 0 bridgehead atoms. The number of nitrogens with one attached hydrogen (secondary N) is 2. The number of carbonyl (C=O) groups excluding carboxylic acids is 1. The molecule has 6 heteroatoms. The van der Waals surface area contributed by atoms with Crippen molar-refractivity contribution in [2.24, 2.45) is 0 Å². The molecule has 1 fully saturated rings. The number of amides is 1. The van der Waals surface area contributed by atoms with Gasteiger partial charge in [0.05, 0.1) is 11.7 Å². The van der Waals surface area contributed by atoms with Crippen molar-refractivity contribution in [3.63, 3.8) is 0 Å². The van der Waals surface area contributed by atoms with Crippen molar-refractivity contribution in [1.82, 2.24) is 20.1 Å². The van der Waals surface area contributed by atoms with Crippen LogP contribution in [0.1, 0.15) is 19.3 Å². The van der Waals surface area contributed by atoms with Gasteiger partial charge in [-0.1, -0.05) is 12.5 Å². The molecule has 104 valence electrons. The molecule has 1 saturated heterocycles. The number of anilines is 1. The first-order valence-electron chi connectivity index (χ1n) is 6.82. The third-order valence-corrected chi connectivity index (χ3v) is 3.46. The van der Waals surface area contributed by atoms with E-state index in [9.17, 15) is 4.79 Å². The molecule has 0 saturated carbocycles. The molecule has 20 heavy (non-hydrogen) atoms. The Balaban J connectivity index is 1.71. The number of carbonyl (C=O) groups is 1. The molecule has 1 aliphatic rings. The molecule has 0 radical (unpaired) electrons. The maximum absolute atomic E-state index is 12.2. The lowest BCUT2D eigenvalue weighted by Gasteiger charge is -2.22. The third kappa shape index (κ3) is 2.85. The van der Waals surface area contributed by atoms with Gasteiger partial charge >= 0.3 is 0 Å². The summed E-state index contributed by atoms with van der Waals surface area (Å²) in [5.74, 6) is 0.0330. The molecule has 0 aliphatic carbocycles. The zero-order valence-corrected chi connectivity index (χ0v) is 11.1. The molecule has 2 N–H and O–H groups in total. The maximum Gasteiger partial charge on any atom is 0.241 e. The number of hydrogen-bond donors (Lipinski definition) is 2. The highest BCUT2D eigenvalue weighted by Gasteiger charge is 2.20. The van der Waals surface area contributed by atoms with Gasteiger partial charge in [-0.2, -0.15) is 0 Å². The van der Waals surface area contributed by atoms with Crippen molar-refractivity contribution >= 4 is 11.6 Å². The number of rotatable bonds is 3. The SMILES string of the molecule is O=C(Nc1cccc(-n2cnnc2)c1)[C@H]1CCCCN1. The Labute approximate surface area is 117 Å². The molecule has 2 aromatic rings. The lowest BCUT2D eigenvalue weighted by atomic mass is 10.0. The Bertz CT molecular complexity index is 575. The molecule has 1 aromatic heterocycles. The predicted molar refractivity (Wildman–Crippen MR) is 75.6 cm³/mol. The highest BCUT2D eigenvalue weighted by atomic mass is 16.2. The van der Waals surface area contributed by atoms with Crippen LogP contribution in [0, 0.1) is 0 Å². The van der Waals surface area contributed by atoms with Crippen molar-refractivity contribution in [1.29, 1.82) is 0 Å². The number of piperidine rings is 1. The fourth-order valence-corrected chi connectivity index (χ4v) is 2.38. The highest BCUT2D eigenvalue weighted by molar-refractivity contribution is 5.95. The summed E-state index contributed by atoms with van der Waals surface area (Å²) in [6.07, 6.45) is 6.41. The summed E-state index contributed by atoms with van der Waals surface area (Å²) in [5.41, 5.74) is 1.71. The summed E-state index contributed by atoms with van der Waals surface area (Å²) in [5, 5.41) is 13.8. The van der Waals surface area contributed by atoms with Gasteiger partial charge < -0.3 is 10.6 Å². The van der Waals surface area contributed by atoms with Crippen LogP contribution < -0.4 is 10.6 Å². The van der Waals surface area contributed by atoms with Crippen LogP contribution in [-0.4, -0.2) is 33.3 Å². The van der Waals surface area contributed by atoms with Crippen LogP contribution in [0.4, 0.5) is 5.69 Å². The van der Waals surface area contributed by atoms with E-state index in [0.29, 0.717) is 0 Å². The summed E-state index contributed by atoms with van der Waals surface area (Å²) < 4.78 is 1.80. The van der Waals surface area contributed by atoms with Crippen LogP contribution in [0.5, 0.6) is 0 Å². The minimum Gasteiger partial charge on any atom is -0.325 e. The molecule has 1 atom stereocenters. The first kappa shape index (κ1) is 12.8. The van der Waals surface area contributed by atoms with E-state index in [2.05, 4.69) is 20.8 Å². The molecule has 3 rings (SSSR count). The molecule has 0 spiro atoms. The van der Waals surface area contributed by atoms with Gasteiger partial charge in [-0.05, 0) is 37.6 Å². The van der Waals surface area contributed by atoms with Crippen molar-refractivity contribution in [3.05, 3.63) is 36.9 Å². The second kappa shape index (κ2) is 5.83. The number of hydrogen-bond acceptors (Lipinski definition) is 4. The normalized spacial score (nSPS) is 18.7. The largest absolute Gasteiger partial charge is 0.325 e. The van der Waals surface area contributed by atoms with Gasteiger partial charge in [0.15, 0.2) is 0 Å². The van der Waals surface area contributed by atoms with Gasteiger partial charge in [-0.25, -0.2) is 0 Å². The Morgan fingerprint density at radius 1 is 1.30 bits per heavy atom. The van der Waals surface area contributed by atoms with Crippen LogP contribution in [0.15, 0.2) is 36.9 Å². The quantitative estimate of drug-likeness (QED) is 0.884. The summed E-state index contributed by atoms with van der Waals surface area (Å²) in [6, 6.07) is 7.55. The average Bonchev–Trinajstić information content (AvgIpc) is 3.03. The second-order valence-electron chi connectivity index (χ2n) is 4.91. The fraction of sp³-hybridized carbons (Fsp3) is 0.357. The van der Waals surface area contributed by atoms with Crippen molar-refractivity contribution in [3.8, 4) is 5.69 Å². The lowest BCUT2D eigenvalue weighted by molar-refractivity contribution is -0.118. The van der Waals surface area contributed by atoms with Gasteiger partial charge in [0.25, 0.3) is 0 Å². The molecular weight excluding hydrogens is 254 g/mol. The van der Waals surface area contributed by atoms with E-state index >= 15 is 0 Å². The van der Waals surface area contributed by atoms with E-state index in [1.165, 1.54) is 0 Å². The van der Waals surface area contributed by atoms with E-state index in [4.69, 9.17) is 0 Å². The van der Waals surface area contributed by atoms with Crippen molar-refractivity contribution in [2.45, 2.75) is 25.3 Å². The lowest BCUT2D eigenvalue weighted by Crippen LogP contribution is -2.43. The number of aromatic nitrogens is 3. The van der Waals surface area contributed by atoms with E-state index in [-0.39, 0.29) is 11.9 Å². The molecule has 2 heterocycles. The van der Waals surface area contributed by atoms with Crippen LogP contribution in [0.3, 0.4) is 0 Å². The van der Waals surface area contributed by atoms with Crippen LogP contribution >= 0.6 is 0 Å². The molecule has 1 amide bonds. The summed E-state index contributed by atoms with van der Waals surface area (Å²) >= 11 is 0. The van der Waals surface area contributed by atoms with Gasteiger partial charge in [0.1, 0.15) is 12.7 Å². The first-order valence-corrected chi connectivity index (χ1v) is 6.82. The van der Waals surface area contributed by atoms with Crippen LogP contribution in [0.25, 0.3) is 5.69 Å². The predicted octanol–water partition coefficient (Wildman–Crippen LogP) is 1.35. The fourth-order valence-electron chi connectivity index (χ4n) is 2.38. The molecule has 1 aliphatic heterocycles. The van der Waals surface area contributed by atoms with E-state index < -0.39 is 0 Å². The van der Waals surface area contributed by atoms with Gasteiger partial charge in [0, 0.05) is 5.69 Å². The topological polar surface area (TPSA) is 71.8 Å². The zero-order chi connectivity index (χ0) is 13.8. The number of nitrogens with zero attached hydrogens (tertiary/aromatic N) is 3. The number of benzene rings is 1. The Kier molecular flexibility index (Phi) is 3.73. The van der Waals surface area contributed by atoms with E-state index in [1.54, 1.807) is 17.2 Å². The maximum atomic E-state index is 12.2. The molecule has 1 aromatic carbocycles. The van der Waals surface area contributed by atoms with Crippen LogP contribution in [0.2, 0.25) is 0 Å². The van der Waals surface area contributed by atoms with Gasteiger partial charge in [0.2, 0.25) is 5.91 Å². The molecule has 0 unspecified atom stereocenters. The Morgan fingerprint density at radius 3 is 2.90 bits per heavy atom. The Hall–Kier alpha value is -2.21. The average molecular weight is 271 g/mol. The summed E-state index contributed by atoms with van der Waals surface area (Å²) in [7, 11) is 0. The zero-order valence-electron chi connectivity index (χ0n) is 11.1. The Morgan fingerprint density at radius 2 is 2.15 bits per heavy atom. The summed E-state index contributed by atoms with van der Waals surface area (Å²) in [4.78, 5) is 12.2. The monoisotopic (exact) mass is 271 g/mol. The third-order valence-electron chi connectivity index (χ3n) is 3.46. The minimum atomic E-state index is -0.0812. The smallest absolute Gasteiger partial charge is 0.241 e. The molecule has 6 nitrogen and oxygen atoms in total.